The monoisotopic (exact) mass is 336 g/mol. The van der Waals surface area contributed by atoms with Gasteiger partial charge < -0.3 is 20.7 Å². The van der Waals surface area contributed by atoms with E-state index in [1.165, 1.54) is 7.05 Å². The largest absolute Gasteiger partial charge is 0.444 e. The third-order valence-corrected chi connectivity index (χ3v) is 2.79. The van der Waals surface area contributed by atoms with E-state index >= 15 is 0 Å². The lowest BCUT2D eigenvalue weighted by Gasteiger charge is -2.24. The lowest BCUT2D eigenvalue weighted by molar-refractivity contribution is 0.0523. The third kappa shape index (κ3) is 12.6. The Morgan fingerprint density at radius 1 is 1.22 bits per heavy atom. The van der Waals surface area contributed by atoms with Crippen molar-refractivity contribution in [3.05, 3.63) is 0 Å². The molecule has 0 heterocycles. The van der Waals surface area contributed by atoms with Crippen molar-refractivity contribution in [1.29, 1.82) is 0 Å². The zero-order chi connectivity index (χ0) is 17.9. The van der Waals surface area contributed by atoms with E-state index < -0.39 is 24.7 Å². The van der Waals surface area contributed by atoms with E-state index in [1.54, 1.807) is 20.8 Å². The minimum atomic E-state index is -2.46. The van der Waals surface area contributed by atoms with Gasteiger partial charge in [-0.3, -0.25) is 4.99 Å². The molecule has 0 aliphatic rings. The van der Waals surface area contributed by atoms with Gasteiger partial charge in [0.15, 0.2) is 5.96 Å². The van der Waals surface area contributed by atoms with Crippen molar-refractivity contribution in [3.63, 3.8) is 0 Å². The molecule has 0 saturated heterocycles. The molecule has 0 aromatic rings. The number of carbonyl (C=O) groups is 1. The highest BCUT2D eigenvalue weighted by molar-refractivity contribution is 5.80. The number of nitrogens with one attached hydrogen (secondary N) is 3. The summed E-state index contributed by atoms with van der Waals surface area (Å²) >= 11 is 0. The number of alkyl halides is 2. The Labute approximate surface area is 137 Å². The second-order valence-electron chi connectivity index (χ2n) is 6.21. The van der Waals surface area contributed by atoms with Crippen molar-refractivity contribution in [2.24, 2.45) is 4.99 Å². The maximum Gasteiger partial charge on any atom is 0.407 e. The van der Waals surface area contributed by atoms with E-state index in [-0.39, 0.29) is 12.0 Å². The molecule has 3 N–H and O–H groups in total. The fourth-order valence-corrected chi connectivity index (χ4v) is 1.76. The minimum Gasteiger partial charge on any atom is -0.444 e. The van der Waals surface area contributed by atoms with Gasteiger partial charge in [-0.1, -0.05) is 19.8 Å². The molecule has 0 saturated carbocycles. The number of hydrogen-bond acceptors (Lipinski definition) is 3. The van der Waals surface area contributed by atoms with Gasteiger partial charge in [-0.25, -0.2) is 13.6 Å². The maximum absolute atomic E-state index is 12.3. The van der Waals surface area contributed by atoms with Crippen LogP contribution in [0.3, 0.4) is 0 Å². The van der Waals surface area contributed by atoms with Crippen LogP contribution < -0.4 is 16.0 Å². The fraction of sp³-hybridized carbons (Fsp3) is 0.867. The molecule has 6 nitrogen and oxygen atoms in total. The minimum absolute atomic E-state index is 0.119. The van der Waals surface area contributed by atoms with Gasteiger partial charge in [-0.05, 0) is 27.2 Å². The molecule has 0 fully saturated rings. The summed E-state index contributed by atoms with van der Waals surface area (Å²) in [5.74, 6) is 0.289. The van der Waals surface area contributed by atoms with E-state index in [0.29, 0.717) is 6.54 Å². The fourth-order valence-electron chi connectivity index (χ4n) is 1.76. The first-order chi connectivity index (χ1) is 10.7. The van der Waals surface area contributed by atoms with Crippen LogP contribution in [0.25, 0.3) is 0 Å². The average molecular weight is 336 g/mol. The van der Waals surface area contributed by atoms with Crippen LogP contribution in [0, 0.1) is 0 Å². The number of carbonyl (C=O) groups excluding carboxylic acids is 1. The maximum atomic E-state index is 12.3. The Morgan fingerprint density at radius 2 is 1.87 bits per heavy atom. The Hall–Kier alpha value is -1.60. The number of hydrogen-bond donors (Lipinski definition) is 3. The van der Waals surface area contributed by atoms with Gasteiger partial charge in [0.05, 0.1) is 6.54 Å². The van der Waals surface area contributed by atoms with Crippen LogP contribution in [0.4, 0.5) is 13.6 Å². The first-order valence-corrected chi connectivity index (χ1v) is 7.90. The highest BCUT2D eigenvalue weighted by atomic mass is 19.3. The lowest BCUT2D eigenvalue weighted by Crippen LogP contribution is -2.49. The molecule has 136 valence electrons. The van der Waals surface area contributed by atoms with E-state index in [4.69, 9.17) is 4.74 Å². The van der Waals surface area contributed by atoms with Gasteiger partial charge in [-0.15, -0.1) is 0 Å². The van der Waals surface area contributed by atoms with Gasteiger partial charge in [0.1, 0.15) is 5.60 Å². The summed E-state index contributed by atoms with van der Waals surface area (Å²) in [7, 11) is 1.51. The number of unbranched alkanes of at least 4 members (excludes halogenated alkanes) is 1. The van der Waals surface area contributed by atoms with Crippen molar-refractivity contribution in [2.75, 3.05) is 20.1 Å². The number of nitrogens with zero attached hydrogens (tertiary/aromatic N) is 1. The van der Waals surface area contributed by atoms with Crippen LogP contribution in [0.1, 0.15) is 47.0 Å². The summed E-state index contributed by atoms with van der Waals surface area (Å²) < 4.78 is 29.7. The highest BCUT2D eigenvalue weighted by Gasteiger charge is 2.18. The molecule has 1 unspecified atom stereocenters. The van der Waals surface area contributed by atoms with Crippen LogP contribution in [0.2, 0.25) is 0 Å². The molecule has 0 aliphatic carbocycles. The summed E-state index contributed by atoms with van der Waals surface area (Å²) in [6.45, 7) is 7.27. The van der Waals surface area contributed by atoms with Crippen molar-refractivity contribution in [3.8, 4) is 0 Å². The average Bonchev–Trinajstić information content (AvgIpc) is 2.43. The van der Waals surface area contributed by atoms with Crippen LogP contribution in [0.5, 0.6) is 0 Å². The van der Waals surface area contributed by atoms with E-state index in [2.05, 4.69) is 27.9 Å². The molecule has 23 heavy (non-hydrogen) atoms. The van der Waals surface area contributed by atoms with Gasteiger partial charge in [0.2, 0.25) is 0 Å². The Morgan fingerprint density at radius 3 is 2.35 bits per heavy atom. The summed E-state index contributed by atoms with van der Waals surface area (Å²) in [6.07, 6.45) is -0.242. The second kappa shape index (κ2) is 11.0. The second-order valence-corrected chi connectivity index (χ2v) is 6.21. The van der Waals surface area contributed by atoms with Crippen molar-refractivity contribution < 1.29 is 18.3 Å². The van der Waals surface area contributed by atoms with Crippen LogP contribution in [-0.2, 0) is 4.74 Å². The lowest BCUT2D eigenvalue weighted by atomic mass is 10.1. The summed E-state index contributed by atoms with van der Waals surface area (Å²) in [5.41, 5.74) is -0.564. The molecular weight excluding hydrogens is 306 g/mol. The zero-order valence-electron chi connectivity index (χ0n) is 14.7. The number of amides is 1. The van der Waals surface area contributed by atoms with Crippen molar-refractivity contribution in [2.45, 2.75) is 65.0 Å². The molecule has 8 heteroatoms. The number of rotatable bonds is 8. The number of aliphatic imine (C=N–C) groups is 1. The molecule has 1 atom stereocenters. The standard InChI is InChI=1S/C15H30F2N4O2/c1-6-7-8-11(9-20-14(22)23-15(2,3)4)21-13(18-5)19-10-12(16)17/h11-12H,6-10H2,1-5H3,(H,20,22)(H2,18,19,21). The van der Waals surface area contributed by atoms with E-state index in [1.807, 2.05) is 0 Å². The van der Waals surface area contributed by atoms with Crippen molar-refractivity contribution >= 4 is 12.1 Å². The highest BCUT2D eigenvalue weighted by Crippen LogP contribution is 2.07. The normalized spacial score (nSPS) is 13.7. The number of halogens is 2. The predicted octanol–water partition coefficient (Wildman–Crippen LogP) is 2.50. The molecule has 0 bridgehead atoms. The molecule has 1 amide bonds. The quantitative estimate of drug-likeness (QED) is 0.470. The molecule has 0 aromatic heterocycles. The Bertz CT molecular complexity index is 371. The predicted molar refractivity (Wildman–Crippen MR) is 88.1 cm³/mol. The first kappa shape index (κ1) is 21.4. The van der Waals surface area contributed by atoms with Gasteiger partial charge in [-0.2, -0.15) is 0 Å². The smallest absolute Gasteiger partial charge is 0.407 e. The van der Waals surface area contributed by atoms with Crippen LogP contribution in [-0.4, -0.2) is 50.3 Å². The summed E-state index contributed by atoms with van der Waals surface area (Å²) in [5, 5.41) is 8.28. The van der Waals surface area contributed by atoms with E-state index in [0.717, 1.165) is 19.3 Å². The Balaban J connectivity index is 4.47. The molecule has 0 rings (SSSR count). The van der Waals surface area contributed by atoms with Gasteiger partial charge >= 0.3 is 6.09 Å². The summed E-state index contributed by atoms with van der Waals surface area (Å²) in [4.78, 5) is 15.6. The topological polar surface area (TPSA) is 74.8 Å². The Kier molecular flexibility index (Phi) is 10.2. The van der Waals surface area contributed by atoms with Crippen LogP contribution >= 0.6 is 0 Å². The van der Waals surface area contributed by atoms with Gasteiger partial charge in [0.25, 0.3) is 6.43 Å². The van der Waals surface area contributed by atoms with E-state index in [9.17, 15) is 13.6 Å². The number of guanidine groups is 1. The van der Waals surface area contributed by atoms with Crippen LogP contribution in [0.15, 0.2) is 4.99 Å². The van der Waals surface area contributed by atoms with Gasteiger partial charge in [0, 0.05) is 19.6 Å². The zero-order valence-corrected chi connectivity index (χ0v) is 14.7. The number of alkyl carbamates (subject to hydrolysis) is 1. The summed E-state index contributed by atoms with van der Waals surface area (Å²) in [6, 6.07) is -0.119. The number of ether oxygens (including phenoxy) is 1. The third-order valence-electron chi connectivity index (χ3n) is 2.79. The molecule has 0 radical (unpaired) electrons. The molecule has 0 aromatic carbocycles. The molecule has 0 spiro atoms. The molecular formula is C15H30F2N4O2. The first-order valence-electron chi connectivity index (χ1n) is 7.90. The van der Waals surface area contributed by atoms with Crippen molar-refractivity contribution in [1.82, 2.24) is 16.0 Å². The molecule has 0 aliphatic heterocycles. The SMILES string of the molecule is CCCCC(CNC(=O)OC(C)(C)C)NC(=NC)NCC(F)F.